The van der Waals surface area contributed by atoms with Crippen LogP contribution in [0, 0.1) is 11.6 Å². The minimum Gasteiger partial charge on any atom is -0.334 e. The van der Waals surface area contributed by atoms with E-state index in [1.807, 2.05) is 18.2 Å². The van der Waals surface area contributed by atoms with Crippen LogP contribution in [-0.4, -0.2) is 47.1 Å². The lowest BCUT2D eigenvalue weighted by atomic mass is 10.0. The highest BCUT2D eigenvalue weighted by molar-refractivity contribution is 5.86. The van der Waals surface area contributed by atoms with Gasteiger partial charge in [-0.2, -0.15) is 0 Å². The van der Waals surface area contributed by atoms with Gasteiger partial charge in [0.25, 0.3) is 0 Å². The lowest BCUT2D eigenvalue weighted by molar-refractivity contribution is 0.209. The highest BCUT2D eigenvalue weighted by Gasteiger charge is 2.19. The molecule has 4 aromatic rings. The summed E-state index contributed by atoms with van der Waals surface area (Å²) in [7, 11) is 2.06. The monoisotopic (exact) mass is 487 g/mol. The van der Waals surface area contributed by atoms with Crippen molar-refractivity contribution in [1.82, 2.24) is 25.5 Å². The maximum absolute atomic E-state index is 13.6. The van der Waals surface area contributed by atoms with Crippen LogP contribution in [0.1, 0.15) is 18.4 Å². The van der Waals surface area contributed by atoms with Crippen LogP contribution >= 0.6 is 0 Å². The van der Waals surface area contributed by atoms with Crippen molar-refractivity contribution in [3.05, 3.63) is 83.9 Å². The fourth-order valence-electron chi connectivity index (χ4n) is 4.53. The number of nitrogens with zero attached hydrogens (tertiary/aromatic N) is 3. The number of urea groups is 1. The standard InChI is InChI=1S/C28H27F2N5O/c1-35-14-2-3-23(17-35)32-28(36)31-16-18-4-13-24-25(15-18)34-27(20-7-11-22(30)12-8-20)26(33-24)19-5-9-21(29)10-6-19/h4-13,15,23H,2-3,14,16-17H2,1H3,(H2,31,32,36). The van der Waals surface area contributed by atoms with Gasteiger partial charge in [0, 0.05) is 30.3 Å². The van der Waals surface area contributed by atoms with Crippen molar-refractivity contribution in [1.29, 1.82) is 0 Å². The highest BCUT2D eigenvalue weighted by atomic mass is 19.1. The van der Waals surface area contributed by atoms with E-state index in [-0.39, 0.29) is 23.7 Å². The molecular formula is C28H27F2N5O. The van der Waals surface area contributed by atoms with Crippen LogP contribution < -0.4 is 10.6 Å². The molecule has 0 spiro atoms. The zero-order chi connectivity index (χ0) is 25.1. The number of halogens is 2. The fourth-order valence-corrected chi connectivity index (χ4v) is 4.53. The first kappa shape index (κ1) is 23.8. The largest absolute Gasteiger partial charge is 0.334 e. The summed E-state index contributed by atoms with van der Waals surface area (Å²) < 4.78 is 27.1. The van der Waals surface area contributed by atoms with E-state index in [0.717, 1.165) is 31.5 Å². The van der Waals surface area contributed by atoms with Crippen molar-refractivity contribution < 1.29 is 13.6 Å². The number of amides is 2. The third-order valence-electron chi connectivity index (χ3n) is 6.38. The average Bonchev–Trinajstić information content (AvgIpc) is 2.88. The second-order valence-electron chi connectivity index (χ2n) is 9.19. The zero-order valence-electron chi connectivity index (χ0n) is 20.0. The van der Waals surface area contributed by atoms with Crippen LogP contribution in [-0.2, 0) is 6.54 Å². The topological polar surface area (TPSA) is 70.2 Å². The number of aromatic nitrogens is 2. The van der Waals surface area contributed by atoms with Crippen LogP contribution in [0.25, 0.3) is 33.5 Å². The van der Waals surface area contributed by atoms with Gasteiger partial charge in [0.1, 0.15) is 11.6 Å². The van der Waals surface area contributed by atoms with Crippen molar-refractivity contribution in [2.45, 2.75) is 25.4 Å². The summed E-state index contributed by atoms with van der Waals surface area (Å²) in [5, 5.41) is 5.97. The number of carbonyl (C=O) groups excluding carboxylic acids is 1. The molecule has 2 heterocycles. The summed E-state index contributed by atoms with van der Waals surface area (Å²) in [6.07, 6.45) is 2.05. The van der Waals surface area contributed by atoms with Crippen molar-refractivity contribution in [2.24, 2.45) is 0 Å². The second kappa shape index (κ2) is 10.4. The van der Waals surface area contributed by atoms with Crippen LogP contribution in [0.15, 0.2) is 66.7 Å². The molecule has 0 radical (unpaired) electrons. The number of benzene rings is 3. The summed E-state index contributed by atoms with van der Waals surface area (Å²) in [5.74, 6) is -0.685. The molecule has 0 aliphatic carbocycles. The van der Waals surface area contributed by atoms with Crippen molar-refractivity contribution >= 4 is 17.1 Å². The van der Waals surface area contributed by atoms with Crippen molar-refractivity contribution in [2.75, 3.05) is 20.1 Å². The smallest absolute Gasteiger partial charge is 0.315 e. The summed E-state index contributed by atoms with van der Waals surface area (Å²) in [5.41, 5.74) is 4.75. The maximum Gasteiger partial charge on any atom is 0.315 e. The zero-order valence-corrected chi connectivity index (χ0v) is 20.0. The quantitative estimate of drug-likeness (QED) is 0.409. The first-order chi connectivity index (χ1) is 17.4. The van der Waals surface area contributed by atoms with Gasteiger partial charge in [-0.1, -0.05) is 6.07 Å². The summed E-state index contributed by atoms with van der Waals surface area (Å²) >= 11 is 0. The van der Waals surface area contributed by atoms with Gasteiger partial charge in [-0.05, 0) is 92.7 Å². The van der Waals surface area contributed by atoms with Gasteiger partial charge in [0.2, 0.25) is 0 Å². The Labute approximate surface area is 208 Å². The van der Waals surface area contributed by atoms with E-state index in [1.54, 1.807) is 24.3 Å². The van der Waals surface area contributed by atoms with Crippen LogP contribution in [0.5, 0.6) is 0 Å². The molecule has 2 amide bonds. The van der Waals surface area contributed by atoms with E-state index in [4.69, 9.17) is 9.97 Å². The van der Waals surface area contributed by atoms with Crippen molar-refractivity contribution in [3.8, 4) is 22.5 Å². The van der Waals surface area contributed by atoms with Gasteiger partial charge < -0.3 is 15.5 Å². The molecule has 1 aliphatic heterocycles. The van der Waals surface area contributed by atoms with Gasteiger partial charge in [0.15, 0.2) is 0 Å². The fraction of sp³-hybridized carbons (Fsp3) is 0.250. The SMILES string of the molecule is CN1CCCC(NC(=O)NCc2ccc3nc(-c4ccc(F)cc4)c(-c4ccc(F)cc4)nc3c2)C1. The van der Waals surface area contributed by atoms with E-state index in [1.165, 1.54) is 24.3 Å². The third kappa shape index (κ3) is 5.49. The molecule has 1 atom stereocenters. The molecule has 6 nitrogen and oxygen atoms in total. The van der Waals surface area contributed by atoms with E-state index in [0.29, 0.717) is 40.1 Å². The van der Waals surface area contributed by atoms with Crippen molar-refractivity contribution in [3.63, 3.8) is 0 Å². The van der Waals surface area contributed by atoms with Gasteiger partial charge in [-0.25, -0.2) is 23.5 Å². The lowest BCUT2D eigenvalue weighted by Gasteiger charge is -2.30. The lowest BCUT2D eigenvalue weighted by Crippen LogP contribution is -2.49. The van der Waals surface area contributed by atoms with Gasteiger partial charge in [0.05, 0.1) is 22.4 Å². The Kier molecular flexibility index (Phi) is 6.86. The Morgan fingerprint density at radius 1 is 0.917 bits per heavy atom. The number of fused-ring (bicyclic) bond motifs is 1. The molecule has 1 aromatic heterocycles. The number of hydrogen-bond acceptors (Lipinski definition) is 4. The average molecular weight is 488 g/mol. The molecule has 5 rings (SSSR count). The van der Waals surface area contributed by atoms with E-state index >= 15 is 0 Å². The number of likely N-dealkylation sites (N-methyl/N-ethyl adjacent to an activating group) is 1. The molecule has 184 valence electrons. The first-order valence-electron chi connectivity index (χ1n) is 12.0. The van der Waals surface area contributed by atoms with E-state index in [2.05, 4.69) is 22.6 Å². The number of piperidine rings is 1. The van der Waals surface area contributed by atoms with Gasteiger partial charge in [-0.15, -0.1) is 0 Å². The number of nitrogens with one attached hydrogen (secondary N) is 2. The summed E-state index contributed by atoms with van der Waals surface area (Å²) in [6, 6.07) is 17.7. The summed E-state index contributed by atoms with van der Waals surface area (Å²) in [4.78, 5) is 24.3. The minimum absolute atomic E-state index is 0.148. The Balaban J connectivity index is 1.41. The predicted octanol–water partition coefficient (Wildman–Crippen LogP) is 5.14. The van der Waals surface area contributed by atoms with Crippen LogP contribution in [0.4, 0.5) is 13.6 Å². The molecule has 3 aromatic carbocycles. The number of rotatable bonds is 5. The Hall–Kier alpha value is -3.91. The molecule has 0 bridgehead atoms. The van der Waals surface area contributed by atoms with Gasteiger partial charge >= 0.3 is 6.03 Å². The predicted molar refractivity (Wildman–Crippen MR) is 136 cm³/mol. The molecule has 1 fully saturated rings. The minimum atomic E-state index is -0.345. The summed E-state index contributed by atoms with van der Waals surface area (Å²) in [6.45, 7) is 2.25. The number of likely N-dealkylation sites (tertiary alicyclic amines) is 1. The molecule has 8 heteroatoms. The molecule has 1 saturated heterocycles. The first-order valence-corrected chi connectivity index (χ1v) is 12.0. The highest BCUT2D eigenvalue weighted by Crippen LogP contribution is 2.31. The molecule has 1 aliphatic rings. The molecule has 1 unspecified atom stereocenters. The normalized spacial score (nSPS) is 16.1. The Morgan fingerprint density at radius 3 is 2.14 bits per heavy atom. The second-order valence-corrected chi connectivity index (χ2v) is 9.19. The third-order valence-corrected chi connectivity index (χ3v) is 6.38. The van der Waals surface area contributed by atoms with Crippen LogP contribution in [0.3, 0.4) is 0 Å². The Morgan fingerprint density at radius 2 is 1.53 bits per heavy atom. The van der Waals surface area contributed by atoms with E-state index < -0.39 is 0 Å². The van der Waals surface area contributed by atoms with E-state index in [9.17, 15) is 13.6 Å². The van der Waals surface area contributed by atoms with Crippen LogP contribution in [0.2, 0.25) is 0 Å². The van der Waals surface area contributed by atoms with Gasteiger partial charge in [-0.3, -0.25) is 0 Å². The molecular weight excluding hydrogens is 460 g/mol. The Bertz CT molecular complexity index is 1380. The molecule has 36 heavy (non-hydrogen) atoms. The molecule has 2 N–H and O–H groups in total. The number of carbonyl (C=O) groups is 1. The number of hydrogen-bond donors (Lipinski definition) is 2. The molecule has 0 saturated carbocycles. The maximum atomic E-state index is 13.6.